The van der Waals surface area contributed by atoms with Crippen molar-refractivity contribution in [3.8, 4) is 0 Å². The molecule has 0 bridgehead atoms. The summed E-state index contributed by atoms with van der Waals surface area (Å²) in [5.74, 6) is 1.48. The number of aliphatic imine (C=N–C) groups is 1. The van der Waals surface area contributed by atoms with Gasteiger partial charge in [0.2, 0.25) is 0 Å². The molecule has 0 saturated carbocycles. The van der Waals surface area contributed by atoms with Crippen molar-refractivity contribution >= 4 is 11.5 Å². The van der Waals surface area contributed by atoms with E-state index in [1.807, 2.05) is 0 Å². The Bertz CT molecular complexity index is 616. The van der Waals surface area contributed by atoms with Crippen LogP contribution in [0.2, 0.25) is 0 Å². The molecule has 21 heavy (non-hydrogen) atoms. The molecule has 1 atom stereocenters. The van der Waals surface area contributed by atoms with E-state index in [0.29, 0.717) is 5.92 Å². The zero-order chi connectivity index (χ0) is 14.5. The van der Waals surface area contributed by atoms with Crippen LogP contribution in [-0.4, -0.2) is 12.4 Å². The quantitative estimate of drug-likeness (QED) is 0.869. The van der Waals surface area contributed by atoms with Crippen molar-refractivity contribution in [1.29, 1.82) is 0 Å². The van der Waals surface area contributed by atoms with Crippen LogP contribution in [-0.2, 0) is 6.42 Å². The highest BCUT2D eigenvalue weighted by atomic mass is 15.0. The molecule has 3 rings (SSSR count). The molecular weight excluding hydrogens is 256 g/mol. The van der Waals surface area contributed by atoms with Crippen LogP contribution in [0.15, 0.2) is 59.6 Å². The number of anilines is 1. The van der Waals surface area contributed by atoms with Crippen molar-refractivity contribution in [3.05, 3.63) is 65.7 Å². The van der Waals surface area contributed by atoms with Crippen molar-refractivity contribution in [2.75, 3.05) is 11.9 Å². The van der Waals surface area contributed by atoms with Crippen molar-refractivity contribution in [3.63, 3.8) is 0 Å². The van der Waals surface area contributed by atoms with E-state index in [0.717, 1.165) is 31.6 Å². The first-order chi connectivity index (χ1) is 10.4. The molecule has 2 aromatic carbocycles. The van der Waals surface area contributed by atoms with Gasteiger partial charge >= 0.3 is 0 Å². The predicted molar refractivity (Wildman–Crippen MR) is 90.2 cm³/mol. The van der Waals surface area contributed by atoms with E-state index in [1.54, 1.807) is 0 Å². The summed E-state index contributed by atoms with van der Waals surface area (Å²) in [7, 11) is 0. The average Bonchev–Trinajstić information content (AvgIpc) is 2.73. The molecule has 108 valence electrons. The zero-order valence-electron chi connectivity index (χ0n) is 12.5. The molecule has 1 heterocycles. The van der Waals surface area contributed by atoms with E-state index in [4.69, 9.17) is 4.99 Å². The minimum atomic E-state index is 0.366. The Morgan fingerprint density at radius 3 is 2.62 bits per heavy atom. The lowest BCUT2D eigenvalue weighted by atomic mass is 9.92. The molecule has 1 aliphatic heterocycles. The van der Waals surface area contributed by atoms with E-state index < -0.39 is 0 Å². The Morgan fingerprint density at radius 1 is 1.05 bits per heavy atom. The monoisotopic (exact) mass is 278 g/mol. The van der Waals surface area contributed by atoms with Crippen molar-refractivity contribution in [2.24, 2.45) is 4.99 Å². The summed E-state index contributed by atoms with van der Waals surface area (Å²) in [4.78, 5) is 4.82. The topological polar surface area (TPSA) is 24.4 Å². The van der Waals surface area contributed by atoms with Gasteiger partial charge in [-0.2, -0.15) is 0 Å². The number of para-hydroxylation sites is 1. The van der Waals surface area contributed by atoms with Crippen LogP contribution in [0.3, 0.4) is 0 Å². The molecule has 1 unspecified atom stereocenters. The normalized spacial score (nSPS) is 19.7. The number of hydrogen-bond donors (Lipinski definition) is 1. The number of hydrogen-bond acceptors (Lipinski definition) is 1. The molecule has 0 radical (unpaired) electrons. The van der Waals surface area contributed by atoms with Gasteiger partial charge in [-0.25, -0.2) is 0 Å². The van der Waals surface area contributed by atoms with Gasteiger partial charge in [0.25, 0.3) is 0 Å². The molecule has 0 aliphatic carbocycles. The van der Waals surface area contributed by atoms with E-state index in [9.17, 15) is 0 Å². The van der Waals surface area contributed by atoms with Crippen LogP contribution >= 0.6 is 0 Å². The van der Waals surface area contributed by atoms with E-state index in [2.05, 4.69) is 66.8 Å². The Kier molecular flexibility index (Phi) is 4.34. The van der Waals surface area contributed by atoms with E-state index >= 15 is 0 Å². The fraction of sp³-hybridized carbons (Fsp3) is 0.316. The van der Waals surface area contributed by atoms with Crippen LogP contribution in [0.4, 0.5) is 5.69 Å². The first-order valence-electron chi connectivity index (χ1n) is 7.82. The fourth-order valence-corrected chi connectivity index (χ4v) is 2.91. The van der Waals surface area contributed by atoms with Gasteiger partial charge in [-0.05, 0) is 36.5 Å². The highest BCUT2D eigenvalue weighted by Crippen LogP contribution is 2.30. The summed E-state index contributed by atoms with van der Waals surface area (Å²) in [5.41, 5.74) is 3.96. The second kappa shape index (κ2) is 6.57. The minimum absolute atomic E-state index is 0.366. The summed E-state index contributed by atoms with van der Waals surface area (Å²) < 4.78 is 0. The number of amidine groups is 1. The van der Waals surface area contributed by atoms with Gasteiger partial charge in [0.15, 0.2) is 0 Å². The van der Waals surface area contributed by atoms with Crippen LogP contribution in [0.1, 0.15) is 36.8 Å². The lowest BCUT2D eigenvalue weighted by molar-refractivity contribution is 0.768. The Hall–Kier alpha value is -2.09. The van der Waals surface area contributed by atoms with Crippen LogP contribution in [0, 0.1) is 0 Å². The highest BCUT2D eigenvalue weighted by Gasteiger charge is 2.22. The number of aryl methyl sites for hydroxylation is 1. The van der Waals surface area contributed by atoms with Crippen molar-refractivity contribution in [2.45, 2.75) is 32.1 Å². The first-order valence-corrected chi connectivity index (χ1v) is 7.82. The molecule has 2 nitrogen and oxygen atoms in total. The van der Waals surface area contributed by atoms with E-state index in [-0.39, 0.29) is 0 Å². The molecule has 2 heteroatoms. The maximum absolute atomic E-state index is 4.82. The molecule has 0 fully saturated rings. The number of benzene rings is 2. The Morgan fingerprint density at radius 2 is 1.81 bits per heavy atom. The fourth-order valence-electron chi connectivity index (χ4n) is 2.91. The number of fused-ring (bicyclic) bond motifs is 1. The minimum Gasteiger partial charge on any atom is -0.343 e. The smallest absolute Gasteiger partial charge is 0.108 e. The molecular formula is C19H22N2. The second-order valence-corrected chi connectivity index (χ2v) is 5.55. The van der Waals surface area contributed by atoms with Gasteiger partial charge in [0.1, 0.15) is 5.84 Å². The maximum atomic E-state index is 4.82. The Balaban J connectivity index is 1.96. The zero-order valence-corrected chi connectivity index (χ0v) is 12.5. The third-order valence-corrected chi connectivity index (χ3v) is 4.02. The van der Waals surface area contributed by atoms with Crippen molar-refractivity contribution < 1.29 is 0 Å². The maximum Gasteiger partial charge on any atom is 0.108 e. The van der Waals surface area contributed by atoms with Gasteiger partial charge in [-0.15, -0.1) is 0 Å². The molecule has 2 aromatic rings. The lowest BCUT2D eigenvalue weighted by Crippen LogP contribution is -2.20. The lowest BCUT2D eigenvalue weighted by Gasteiger charge is -2.18. The summed E-state index contributed by atoms with van der Waals surface area (Å²) in [6.45, 7) is 3.06. The van der Waals surface area contributed by atoms with Crippen molar-refractivity contribution in [1.82, 2.24) is 0 Å². The standard InChI is InChI=1S/C19H22N2/c1-2-14-20-19-17(15-8-4-3-5-9-15)13-12-16-10-6-7-11-18(16)21-19/h3-11,17H,2,12-14H2,1H3,(H,20,21). The van der Waals surface area contributed by atoms with E-state index in [1.165, 1.54) is 16.8 Å². The highest BCUT2D eigenvalue weighted by molar-refractivity contribution is 6.01. The Labute approximate surface area is 126 Å². The number of nitrogens with one attached hydrogen (secondary N) is 1. The molecule has 0 amide bonds. The third kappa shape index (κ3) is 3.15. The first kappa shape index (κ1) is 13.9. The molecule has 0 aromatic heterocycles. The SMILES string of the molecule is CCCN=C1Nc2ccccc2CCC1c1ccccc1. The number of rotatable bonds is 3. The molecule has 1 aliphatic rings. The summed E-state index contributed by atoms with van der Waals surface area (Å²) in [6.07, 6.45) is 3.28. The summed E-state index contributed by atoms with van der Waals surface area (Å²) in [5, 5.41) is 3.59. The predicted octanol–water partition coefficient (Wildman–Crippen LogP) is 4.64. The molecule has 0 spiro atoms. The van der Waals surface area contributed by atoms with Crippen LogP contribution < -0.4 is 5.32 Å². The van der Waals surface area contributed by atoms with Gasteiger partial charge in [0.05, 0.1) is 0 Å². The van der Waals surface area contributed by atoms with Gasteiger partial charge in [0, 0.05) is 18.2 Å². The molecule has 1 N–H and O–H groups in total. The average molecular weight is 278 g/mol. The van der Waals surface area contributed by atoms with Gasteiger partial charge in [-0.1, -0.05) is 55.5 Å². The molecule has 0 saturated heterocycles. The number of nitrogens with zero attached hydrogens (tertiary/aromatic N) is 1. The van der Waals surface area contributed by atoms with Gasteiger partial charge in [-0.3, -0.25) is 4.99 Å². The van der Waals surface area contributed by atoms with Crippen LogP contribution in [0.5, 0.6) is 0 Å². The van der Waals surface area contributed by atoms with Crippen LogP contribution in [0.25, 0.3) is 0 Å². The largest absolute Gasteiger partial charge is 0.343 e. The summed E-state index contributed by atoms with van der Waals surface area (Å²) >= 11 is 0. The summed E-state index contributed by atoms with van der Waals surface area (Å²) in [6, 6.07) is 19.3. The third-order valence-electron chi connectivity index (χ3n) is 4.02. The second-order valence-electron chi connectivity index (χ2n) is 5.55. The van der Waals surface area contributed by atoms with Gasteiger partial charge < -0.3 is 5.32 Å².